The van der Waals surface area contributed by atoms with E-state index in [1.54, 1.807) is 0 Å². The quantitative estimate of drug-likeness (QED) is 0.903. The Morgan fingerprint density at radius 2 is 2.00 bits per heavy atom. The topological polar surface area (TPSA) is 52.0 Å². The standard InChI is InChI=1S/C17H26N4/c1-13-9-16(15(10-18)14(2)20-13)19-11-17(12-21(3)4)7-5-6-8-17/h9H,5-8,11-12H2,1-4H3,(H,19,20). The van der Waals surface area contributed by atoms with Crippen LogP contribution >= 0.6 is 0 Å². The van der Waals surface area contributed by atoms with E-state index >= 15 is 0 Å². The molecule has 0 unspecified atom stereocenters. The van der Waals surface area contributed by atoms with Crippen molar-refractivity contribution in [2.24, 2.45) is 5.41 Å². The molecule has 1 heterocycles. The van der Waals surface area contributed by atoms with Gasteiger partial charge in [0.2, 0.25) is 0 Å². The van der Waals surface area contributed by atoms with Gasteiger partial charge in [-0.15, -0.1) is 0 Å². The fraction of sp³-hybridized carbons (Fsp3) is 0.647. The van der Waals surface area contributed by atoms with Crippen molar-refractivity contribution in [3.05, 3.63) is 23.0 Å². The molecule has 1 fully saturated rings. The minimum absolute atomic E-state index is 0.335. The Balaban J connectivity index is 2.17. The van der Waals surface area contributed by atoms with E-state index in [2.05, 4.69) is 35.4 Å². The highest BCUT2D eigenvalue weighted by Gasteiger charge is 2.34. The minimum atomic E-state index is 0.335. The molecule has 0 bridgehead atoms. The van der Waals surface area contributed by atoms with E-state index in [-0.39, 0.29) is 0 Å². The number of aryl methyl sites for hydroxylation is 2. The minimum Gasteiger partial charge on any atom is -0.383 e. The maximum absolute atomic E-state index is 9.35. The van der Waals surface area contributed by atoms with E-state index < -0.39 is 0 Å². The Kier molecular flexibility index (Phi) is 4.84. The molecule has 0 atom stereocenters. The van der Waals surface area contributed by atoms with Crippen molar-refractivity contribution in [1.82, 2.24) is 9.88 Å². The molecule has 4 heteroatoms. The number of aromatic nitrogens is 1. The van der Waals surface area contributed by atoms with Crippen molar-refractivity contribution < 1.29 is 0 Å². The van der Waals surface area contributed by atoms with Gasteiger partial charge in [-0.05, 0) is 46.9 Å². The summed E-state index contributed by atoms with van der Waals surface area (Å²) in [6.07, 6.45) is 5.16. The van der Waals surface area contributed by atoms with Gasteiger partial charge in [0, 0.05) is 24.2 Å². The Morgan fingerprint density at radius 3 is 2.57 bits per heavy atom. The van der Waals surface area contributed by atoms with E-state index in [4.69, 9.17) is 0 Å². The molecule has 1 aromatic rings. The summed E-state index contributed by atoms with van der Waals surface area (Å²) in [5, 5.41) is 12.9. The van der Waals surface area contributed by atoms with Crippen LogP contribution in [0.25, 0.3) is 0 Å². The summed E-state index contributed by atoms with van der Waals surface area (Å²) in [5.74, 6) is 0. The van der Waals surface area contributed by atoms with Crippen LogP contribution in [-0.4, -0.2) is 37.1 Å². The second kappa shape index (κ2) is 6.44. The lowest BCUT2D eigenvalue weighted by molar-refractivity contribution is 0.215. The van der Waals surface area contributed by atoms with Crippen LogP contribution in [0.4, 0.5) is 5.69 Å². The van der Waals surface area contributed by atoms with Crippen LogP contribution in [0.2, 0.25) is 0 Å². The monoisotopic (exact) mass is 286 g/mol. The zero-order chi connectivity index (χ0) is 15.5. The van der Waals surface area contributed by atoms with E-state index in [1.807, 2.05) is 19.9 Å². The Bertz CT molecular complexity index is 536. The molecule has 1 saturated carbocycles. The SMILES string of the molecule is Cc1cc(NCC2(CN(C)C)CCCC2)c(C#N)c(C)n1. The Labute approximate surface area is 128 Å². The van der Waals surface area contributed by atoms with Gasteiger partial charge in [0.05, 0.1) is 16.9 Å². The highest BCUT2D eigenvalue weighted by atomic mass is 15.1. The van der Waals surface area contributed by atoms with E-state index in [0.717, 1.165) is 30.2 Å². The van der Waals surface area contributed by atoms with Crippen LogP contribution in [0, 0.1) is 30.6 Å². The largest absolute Gasteiger partial charge is 0.383 e. The summed E-state index contributed by atoms with van der Waals surface area (Å²) in [6, 6.07) is 4.27. The van der Waals surface area contributed by atoms with Gasteiger partial charge in [0.1, 0.15) is 6.07 Å². The molecule has 21 heavy (non-hydrogen) atoms. The molecule has 0 amide bonds. The maximum Gasteiger partial charge on any atom is 0.103 e. The van der Waals surface area contributed by atoms with Crippen LogP contribution in [0.15, 0.2) is 6.07 Å². The van der Waals surface area contributed by atoms with E-state index in [1.165, 1.54) is 25.7 Å². The summed E-state index contributed by atoms with van der Waals surface area (Å²) in [4.78, 5) is 6.66. The lowest BCUT2D eigenvalue weighted by Crippen LogP contribution is -2.37. The predicted octanol–water partition coefficient (Wildman–Crippen LogP) is 3.10. The summed E-state index contributed by atoms with van der Waals surface area (Å²) >= 11 is 0. The number of hydrogen-bond donors (Lipinski definition) is 1. The summed E-state index contributed by atoms with van der Waals surface area (Å²) < 4.78 is 0. The first-order chi connectivity index (χ1) is 9.96. The third-order valence-corrected chi connectivity index (χ3v) is 4.41. The van der Waals surface area contributed by atoms with Crippen LogP contribution in [0.3, 0.4) is 0 Å². The number of hydrogen-bond acceptors (Lipinski definition) is 4. The first kappa shape index (κ1) is 15.8. The van der Waals surface area contributed by atoms with Gasteiger partial charge in [-0.25, -0.2) is 0 Å². The van der Waals surface area contributed by atoms with Gasteiger partial charge >= 0.3 is 0 Å². The van der Waals surface area contributed by atoms with Crippen molar-refractivity contribution in [2.45, 2.75) is 39.5 Å². The van der Waals surface area contributed by atoms with Crippen LogP contribution < -0.4 is 5.32 Å². The van der Waals surface area contributed by atoms with Gasteiger partial charge in [0.25, 0.3) is 0 Å². The maximum atomic E-state index is 9.35. The first-order valence-corrected chi connectivity index (χ1v) is 7.73. The van der Waals surface area contributed by atoms with Crippen LogP contribution in [0.5, 0.6) is 0 Å². The molecule has 4 nitrogen and oxygen atoms in total. The number of nitrogens with one attached hydrogen (secondary N) is 1. The molecule has 0 aromatic carbocycles. The smallest absolute Gasteiger partial charge is 0.103 e. The second-order valence-corrected chi connectivity index (χ2v) is 6.68. The average molecular weight is 286 g/mol. The molecule has 0 saturated heterocycles. The molecular weight excluding hydrogens is 260 g/mol. The second-order valence-electron chi connectivity index (χ2n) is 6.68. The number of nitrogens with zero attached hydrogens (tertiary/aromatic N) is 3. The molecule has 1 aromatic heterocycles. The summed E-state index contributed by atoms with van der Waals surface area (Å²) in [7, 11) is 4.28. The molecule has 0 radical (unpaired) electrons. The fourth-order valence-corrected chi connectivity index (χ4v) is 3.58. The Morgan fingerprint density at radius 1 is 1.33 bits per heavy atom. The van der Waals surface area contributed by atoms with Crippen molar-refractivity contribution in [1.29, 1.82) is 5.26 Å². The first-order valence-electron chi connectivity index (χ1n) is 7.73. The van der Waals surface area contributed by atoms with Gasteiger partial charge in [-0.2, -0.15) is 5.26 Å². The molecule has 0 aliphatic heterocycles. The Hall–Kier alpha value is -1.60. The van der Waals surface area contributed by atoms with Gasteiger partial charge in [0.15, 0.2) is 0 Å². The zero-order valence-electron chi connectivity index (χ0n) is 13.7. The highest BCUT2D eigenvalue weighted by molar-refractivity contribution is 5.59. The summed E-state index contributed by atoms with van der Waals surface area (Å²) in [6.45, 7) is 5.92. The predicted molar refractivity (Wildman–Crippen MR) is 86.4 cm³/mol. The number of anilines is 1. The number of rotatable bonds is 5. The molecule has 114 valence electrons. The van der Waals surface area contributed by atoms with Crippen LogP contribution in [-0.2, 0) is 0 Å². The van der Waals surface area contributed by atoms with Crippen molar-refractivity contribution in [2.75, 3.05) is 32.5 Å². The fourth-order valence-electron chi connectivity index (χ4n) is 3.58. The molecule has 1 aliphatic rings. The van der Waals surface area contributed by atoms with Crippen molar-refractivity contribution >= 4 is 5.69 Å². The number of nitriles is 1. The summed E-state index contributed by atoms with van der Waals surface area (Å²) in [5.41, 5.74) is 3.72. The molecule has 1 aliphatic carbocycles. The molecule has 1 N–H and O–H groups in total. The lowest BCUT2D eigenvalue weighted by Gasteiger charge is -2.33. The van der Waals surface area contributed by atoms with E-state index in [0.29, 0.717) is 11.0 Å². The van der Waals surface area contributed by atoms with E-state index in [9.17, 15) is 5.26 Å². The third kappa shape index (κ3) is 3.74. The number of pyridine rings is 1. The third-order valence-electron chi connectivity index (χ3n) is 4.41. The van der Waals surface area contributed by atoms with Gasteiger partial charge in [-0.3, -0.25) is 4.98 Å². The normalized spacial score (nSPS) is 17.0. The average Bonchev–Trinajstić information content (AvgIpc) is 2.84. The lowest BCUT2D eigenvalue weighted by atomic mass is 9.85. The molecular formula is C17H26N4. The van der Waals surface area contributed by atoms with Crippen molar-refractivity contribution in [3.8, 4) is 6.07 Å². The van der Waals surface area contributed by atoms with Crippen LogP contribution in [0.1, 0.15) is 42.6 Å². The zero-order valence-corrected chi connectivity index (χ0v) is 13.7. The van der Waals surface area contributed by atoms with Crippen molar-refractivity contribution in [3.63, 3.8) is 0 Å². The van der Waals surface area contributed by atoms with Gasteiger partial charge < -0.3 is 10.2 Å². The molecule has 2 rings (SSSR count). The molecule has 0 spiro atoms. The van der Waals surface area contributed by atoms with Gasteiger partial charge in [-0.1, -0.05) is 12.8 Å². The highest BCUT2D eigenvalue weighted by Crippen LogP contribution is 2.39.